The maximum absolute atomic E-state index is 14.0. The van der Waals surface area contributed by atoms with Crippen LogP contribution in [0.2, 0.25) is 0 Å². The van der Waals surface area contributed by atoms with Gasteiger partial charge < -0.3 is 76.4 Å². The SMILES string of the molecule is Cc1cn([C@H]2C[C@H](O)[C@@H](COP(=O)(O)O[C@H]3C[C@H](n4ccc(N)nc4=O)O[C@@H]3COP(=O)(O)O[C@H]3C[C@H](n4ccc(N)nc4=O)O[C@@H]3COP(=O)(O)O[C@H]3C[C@H](n4ccc(N)nc4=O)O[C@@H]3COP(=O)(O)O[C@H]3C[C@H](n4cnc5c(N)ncnc54)O[C@@H]3CO)O2)c(=O)[nH]c1=O. The fourth-order valence-corrected chi connectivity index (χ4v) is 14.7. The maximum atomic E-state index is 14.0. The lowest BCUT2D eigenvalue weighted by atomic mass is 10.2. The zero-order valence-corrected chi connectivity index (χ0v) is 52.7. The van der Waals surface area contributed by atoms with Crippen molar-refractivity contribution in [3.63, 3.8) is 0 Å². The molecule has 0 bridgehead atoms. The van der Waals surface area contributed by atoms with E-state index in [1.165, 1.54) is 60.9 Å². The lowest BCUT2D eigenvalue weighted by Gasteiger charge is -2.25. The number of rotatable bonds is 26. The van der Waals surface area contributed by atoms with Crippen LogP contribution in [0.1, 0.15) is 68.8 Å². The number of anilines is 4. The Hall–Kier alpha value is -6.77. The molecule has 0 saturated carbocycles. The monoisotopic (exact) mass is 1420 g/mol. The normalized spacial score (nSPS) is 30.3. The number of H-pyrrole nitrogens is 1. The Bertz CT molecular complexity index is 4330. The van der Waals surface area contributed by atoms with E-state index < -0.39 is 204 Å². The number of aromatic amines is 1. The van der Waals surface area contributed by atoms with Crippen LogP contribution in [0.15, 0.2) is 79.6 Å². The molecular formula is C47H62N16O28P4. The molecule has 11 heterocycles. The van der Waals surface area contributed by atoms with Crippen LogP contribution in [-0.4, -0.2) is 182 Å². The van der Waals surface area contributed by atoms with Gasteiger partial charge in [0.25, 0.3) is 5.56 Å². The van der Waals surface area contributed by atoms with E-state index in [-0.39, 0.29) is 52.8 Å². The third-order valence-corrected chi connectivity index (χ3v) is 19.5. The van der Waals surface area contributed by atoms with Crippen LogP contribution in [0.25, 0.3) is 11.2 Å². The molecular weight excluding hydrogens is 1360 g/mol. The average Bonchev–Trinajstić information content (AvgIpc) is 1.67. The smallest absolute Gasteiger partial charge is 0.394 e. The largest absolute Gasteiger partial charge is 0.472 e. The topological polar surface area (TPSA) is 617 Å². The minimum Gasteiger partial charge on any atom is -0.394 e. The number of nitrogen functional groups attached to an aromatic ring is 4. The predicted molar refractivity (Wildman–Crippen MR) is 313 cm³/mol. The zero-order chi connectivity index (χ0) is 68.1. The van der Waals surface area contributed by atoms with Crippen molar-refractivity contribution in [3.05, 3.63) is 113 Å². The first-order valence-electron chi connectivity index (χ1n) is 28.4. The third kappa shape index (κ3) is 16.3. The zero-order valence-electron chi connectivity index (χ0n) is 49.1. The molecule has 95 heavy (non-hydrogen) atoms. The van der Waals surface area contributed by atoms with Gasteiger partial charge in [-0.3, -0.25) is 68.8 Å². The minimum atomic E-state index is -5.49. The Labute approximate surface area is 530 Å². The van der Waals surface area contributed by atoms with E-state index >= 15 is 0 Å². The van der Waals surface area contributed by atoms with Crippen LogP contribution in [0.3, 0.4) is 0 Å². The molecule has 5 aliphatic rings. The molecule has 5 fully saturated rings. The quantitative estimate of drug-likeness (QED) is 0.0252. The van der Waals surface area contributed by atoms with Crippen molar-refractivity contribution in [2.45, 2.75) is 131 Å². The van der Waals surface area contributed by atoms with Gasteiger partial charge in [-0.15, -0.1) is 0 Å². The highest BCUT2D eigenvalue weighted by Crippen LogP contribution is 2.55. The summed E-state index contributed by atoms with van der Waals surface area (Å²) in [5, 5.41) is 20.9. The van der Waals surface area contributed by atoms with Crippen molar-refractivity contribution in [3.8, 4) is 0 Å². The molecule has 6 aromatic rings. The molecule has 19 atom stereocenters. The number of nitrogens with two attached hydrogens (primary N) is 4. The van der Waals surface area contributed by atoms with Crippen molar-refractivity contribution >= 4 is 65.7 Å². The second kappa shape index (κ2) is 28.0. The van der Waals surface area contributed by atoms with Gasteiger partial charge in [-0.1, -0.05) is 0 Å². The van der Waals surface area contributed by atoms with Gasteiger partial charge in [0.2, 0.25) is 0 Å². The molecule has 0 spiro atoms. The summed E-state index contributed by atoms with van der Waals surface area (Å²) in [7, 11) is -21.4. The number of phosphoric acid groups is 4. The van der Waals surface area contributed by atoms with Crippen molar-refractivity contribution in [1.29, 1.82) is 0 Å². The van der Waals surface area contributed by atoms with Crippen LogP contribution in [0, 0.1) is 6.92 Å². The Balaban J connectivity index is 0.761. The van der Waals surface area contributed by atoms with Crippen molar-refractivity contribution < 1.29 is 108 Å². The number of imidazole rings is 1. The predicted octanol–water partition coefficient (Wildman–Crippen LogP) is -2.42. The van der Waals surface area contributed by atoms with E-state index in [9.17, 15) is 72.0 Å². The molecule has 0 amide bonds. The molecule has 15 N–H and O–H groups in total. The number of aromatic nitrogens is 12. The average molecular weight is 1420 g/mol. The highest BCUT2D eigenvalue weighted by Gasteiger charge is 2.50. The third-order valence-electron chi connectivity index (χ3n) is 15.4. The van der Waals surface area contributed by atoms with Crippen LogP contribution >= 0.6 is 31.3 Å². The van der Waals surface area contributed by atoms with E-state index in [4.69, 9.17) is 82.8 Å². The molecule has 5 saturated heterocycles. The number of aliphatic hydroxyl groups is 2. The summed E-state index contributed by atoms with van der Waals surface area (Å²) in [5.74, 6) is -0.514. The summed E-state index contributed by atoms with van der Waals surface area (Å²) in [6.07, 6.45) is -16.1. The van der Waals surface area contributed by atoms with E-state index in [0.717, 1.165) is 24.5 Å². The second-order valence-corrected chi connectivity index (χ2v) is 27.5. The number of aliphatic hydroxyl groups excluding tert-OH is 2. The summed E-state index contributed by atoms with van der Waals surface area (Å²) in [6.45, 7) is -3.14. The Morgan fingerprint density at radius 3 is 1.31 bits per heavy atom. The summed E-state index contributed by atoms with van der Waals surface area (Å²) in [6, 6.07) is 3.65. The molecule has 6 aromatic heterocycles. The number of ether oxygens (including phenoxy) is 5. The molecule has 11 rings (SSSR count). The molecule has 0 aliphatic carbocycles. The molecule has 44 nitrogen and oxygen atoms in total. The lowest BCUT2D eigenvalue weighted by molar-refractivity contribution is -0.0649. The Morgan fingerprint density at radius 1 is 0.526 bits per heavy atom. The summed E-state index contributed by atoms with van der Waals surface area (Å²) in [5.41, 5.74) is 19.2. The number of phosphoric ester groups is 4. The summed E-state index contributed by atoms with van der Waals surface area (Å²) in [4.78, 5) is 133. The number of fused-ring (bicyclic) bond motifs is 1. The van der Waals surface area contributed by atoms with Crippen LogP contribution in [-0.2, 0) is 78.1 Å². The van der Waals surface area contributed by atoms with Gasteiger partial charge in [0.05, 0.1) is 45.5 Å². The highest BCUT2D eigenvalue weighted by atomic mass is 31.2. The highest BCUT2D eigenvalue weighted by molar-refractivity contribution is 7.48. The van der Waals surface area contributed by atoms with Crippen molar-refractivity contribution in [1.82, 2.24) is 57.7 Å². The summed E-state index contributed by atoms with van der Waals surface area (Å²) >= 11 is 0. The van der Waals surface area contributed by atoms with E-state index in [1.54, 1.807) is 0 Å². The second-order valence-electron chi connectivity index (χ2n) is 21.9. The fraction of sp³-hybridized carbons (Fsp3) is 0.553. The van der Waals surface area contributed by atoms with Gasteiger partial charge in [-0.05, 0) is 25.1 Å². The van der Waals surface area contributed by atoms with Crippen molar-refractivity contribution in [2.24, 2.45) is 0 Å². The standard InChI is InChI=1S/C47H62N16O28P4/c1-21-13-62(47(70)58-43(21)66)35-8-22(65)28(84-35)15-79-92(71,72)89-24-10-36(59-5-2-32(48)55-44(59)67)86-30(24)17-81-94(75,76)91-26-12-38(61-7-4-34(50)57-46(61)69)87-31(26)18-82-95(77,78)90-25-11-37(60-6-3-33(49)56-45(60)68)85-29(25)16-80-93(73,74)88-23-9-39(83-27(23)14-64)63-20-54-40-41(51)52-19-53-42(40)63/h2-7,13,19-20,22-31,35-39,64-65H,8-12,14-18H2,1H3,(H,71,72)(H,73,74)(H,75,76)(H,77,78)(H2,48,55,67)(H2,49,56,68)(H2,50,57,69)(H2,51,52,53)(H,58,66,70)/t22-,23-,24-,25-,26-,27+,28+,29+,30+,31+,35+,36+,37+,38+,39+/m0/s1. The van der Waals surface area contributed by atoms with E-state index in [0.29, 0.717) is 0 Å². The molecule has 0 radical (unpaired) electrons. The van der Waals surface area contributed by atoms with Crippen LogP contribution in [0.4, 0.5) is 23.3 Å². The lowest BCUT2D eigenvalue weighted by Crippen LogP contribution is -2.33. The van der Waals surface area contributed by atoms with Gasteiger partial charge >= 0.3 is 54.0 Å². The number of nitrogens with one attached hydrogen (secondary N) is 1. The summed E-state index contributed by atoms with van der Waals surface area (Å²) < 4.78 is 133. The molecule has 4 unspecified atom stereocenters. The van der Waals surface area contributed by atoms with Gasteiger partial charge in [0.15, 0.2) is 11.5 Å². The Morgan fingerprint density at radius 2 is 0.895 bits per heavy atom. The van der Waals surface area contributed by atoms with Crippen LogP contribution in [0.5, 0.6) is 0 Å². The number of aryl methyl sites for hydroxylation is 1. The number of hydrogen-bond acceptors (Lipinski definition) is 34. The fourth-order valence-electron chi connectivity index (χ4n) is 10.9. The Kier molecular flexibility index (Phi) is 20.5. The van der Waals surface area contributed by atoms with Gasteiger partial charge in [-0.2, -0.15) is 15.0 Å². The number of nitrogens with zero attached hydrogens (tertiary/aromatic N) is 11. The first-order chi connectivity index (χ1) is 44.9. The van der Waals surface area contributed by atoms with E-state index in [2.05, 4.69) is 34.9 Å². The molecule has 0 aromatic carbocycles. The van der Waals surface area contributed by atoms with Gasteiger partial charge in [-0.25, -0.2) is 52.4 Å². The first-order valence-corrected chi connectivity index (χ1v) is 34.4. The molecule has 518 valence electrons. The van der Waals surface area contributed by atoms with Gasteiger partial charge in [0, 0.05) is 62.5 Å². The minimum absolute atomic E-state index is 0.0608. The molecule has 5 aliphatic heterocycles. The number of hydrogen-bond donors (Lipinski definition) is 11. The van der Waals surface area contributed by atoms with E-state index in [1.807, 2.05) is 0 Å². The maximum Gasteiger partial charge on any atom is 0.472 e. The molecule has 48 heteroatoms. The van der Waals surface area contributed by atoms with Crippen molar-refractivity contribution in [2.75, 3.05) is 56.0 Å². The van der Waals surface area contributed by atoms with Gasteiger partial charge in [0.1, 0.15) is 115 Å². The first kappa shape index (κ1) is 69.6. The van der Waals surface area contributed by atoms with Crippen LogP contribution < -0.4 is 51.3 Å².